The van der Waals surface area contributed by atoms with Gasteiger partial charge in [-0.15, -0.1) is 0 Å². The number of Topliss-reactive ketones (excluding diaryl/α,β-unsaturated/α-hetero) is 1. The highest BCUT2D eigenvalue weighted by Gasteiger charge is 2.10. The molecule has 0 saturated heterocycles. The molecule has 2 aromatic rings. The van der Waals surface area contributed by atoms with Crippen LogP contribution in [0.4, 0.5) is 5.69 Å². The molecule has 0 heterocycles. The second-order valence-corrected chi connectivity index (χ2v) is 6.01. The zero-order valence-corrected chi connectivity index (χ0v) is 15.6. The highest BCUT2D eigenvalue weighted by molar-refractivity contribution is 6.00. The number of carbonyl (C=O) groups is 3. The number of rotatable bonds is 9. The van der Waals surface area contributed by atoms with E-state index >= 15 is 0 Å². The third-order valence-corrected chi connectivity index (χ3v) is 4.03. The summed E-state index contributed by atoms with van der Waals surface area (Å²) < 4.78 is 5.34. The SMILES string of the molecule is CCc1ccc(C(=O)CCC(=O)Nc2cccc(OCC(=O)NC)c2)cc1. The molecule has 2 rings (SSSR count). The van der Waals surface area contributed by atoms with Crippen molar-refractivity contribution in [1.82, 2.24) is 5.32 Å². The number of likely N-dealkylation sites (N-methyl/N-ethyl adjacent to an activating group) is 1. The Hall–Kier alpha value is -3.15. The number of carbonyl (C=O) groups excluding carboxylic acids is 3. The minimum atomic E-state index is -0.253. The van der Waals surface area contributed by atoms with Gasteiger partial charge in [0.05, 0.1) is 0 Å². The fourth-order valence-corrected chi connectivity index (χ4v) is 2.41. The van der Waals surface area contributed by atoms with Gasteiger partial charge >= 0.3 is 0 Å². The molecule has 0 radical (unpaired) electrons. The van der Waals surface area contributed by atoms with Crippen molar-refractivity contribution in [2.45, 2.75) is 26.2 Å². The maximum atomic E-state index is 12.2. The van der Waals surface area contributed by atoms with Crippen molar-refractivity contribution < 1.29 is 19.1 Å². The Labute approximate surface area is 158 Å². The Morgan fingerprint density at radius 1 is 0.963 bits per heavy atom. The minimum Gasteiger partial charge on any atom is -0.484 e. The number of anilines is 1. The number of benzene rings is 2. The highest BCUT2D eigenvalue weighted by Crippen LogP contribution is 2.18. The Bertz CT molecular complexity index is 800. The Balaban J connectivity index is 1.84. The molecule has 0 aliphatic heterocycles. The summed E-state index contributed by atoms with van der Waals surface area (Å²) in [4.78, 5) is 35.5. The maximum Gasteiger partial charge on any atom is 0.257 e. The van der Waals surface area contributed by atoms with Gasteiger partial charge in [0.1, 0.15) is 5.75 Å². The molecule has 2 N–H and O–H groups in total. The lowest BCUT2D eigenvalue weighted by Crippen LogP contribution is -2.24. The summed E-state index contributed by atoms with van der Waals surface area (Å²) >= 11 is 0. The summed E-state index contributed by atoms with van der Waals surface area (Å²) in [5, 5.41) is 5.20. The van der Waals surface area contributed by atoms with Crippen LogP contribution < -0.4 is 15.4 Å². The second-order valence-electron chi connectivity index (χ2n) is 6.01. The molecule has 6 nitrogen and oxygen atoms in total. The van der Waals surface area contributed by atoms with E-state index in [0.717, 1.165) is 6.42 Å². The van der Waals surface area contributed by atoms with E-state index < -0.39 is 0 Å². The fourth-order valence-electron chi connectivity index (χ4n) is 2.41. The second kappa shape index (κ2) is 10.1. The monoisotopic (exact) mass is 368 g/mol. The summed E-state index contributed by atoms with van der Waals surface area (Å²) in [7, 11) is 1.53. The topological polar surface area (TPSA) is 84.5 Å². The van der Waals surface area contributed by atoms with Gasteiger partial charge in [0, 0.05) is 37.2 Å². The van der Waals surface area contributed by atoms with Gasteiger partial charge in [0.25, 0.3) is 5.91 Å². The molecule has 6 heteroatoms. The van der Waals surface area contributed by atoms with E-state index in [2.05, 4.69) is 17.6 Å². The summed E-state index contributed by atoms with van der Waals surface area (Å²) in [6, 6.07) is 14.2. The average Bonchev–Trinajstić information content (AvgIpc) is 2.70. The zero-order valence-electron chi connectivity index (χ0n) is 15.6. The van der Waals surface area contributed by atoms with Crippen molar-refractivity contribution in [1.29, 1.82) is 0 Å². The van der Waals surface area contributed by atoms with Gasteiger partial charge in [-0.1, -0.05) is 37.3 Å². The van der Waals surface area contributed by atoms with Crippen molar-refractivity contribution in [3.63, 3.8) is 0 Å². The van der Waals surface area contributed by atoms with Gasteiger partial charge in [-0.2, -0.15) is 0 Å². The van der Waals surface area contributed by atoms with Crippen LogP contribution in [0.3, 0.4) is 0 Å². The van der Waals surface area contributed by atoms with E-state index in [-0.39, 0.29) is 37.0 Å². The van der Waals surface area contributed by atoms with Crippen LogP contribution in [0, 0.1) is 0 Å². The molecule has 0 bridgehead atoms. The van der Waals surface area contributed by atoms with E-state index in [9.17, 15) is 14.4 Å². The normalized spacial score (nSPS) is 10.1. The number of amides is 2. The van der Waals surface area contributed by atoms with Crippen LogP contribution in [0.15, 0.2) is 48.5 Å². The molecule has 0 fully saturated rings. The van der Waals surface area contributed by atoms with E-state index in [1.165, 1.54) is 12.6 Å². The summed E-state index contributed by atoms with van der Waals surface area (Å²) in [5.74, 6) is -0.0779. The molecule has 0 saturated carbocycles. The third-order valence-electron chi connectivity index (χ3n) is 4.03. The molecule has 0 spiro atoms. The fraction of sp³-hybridized carbons (Fsp3) is 0.286. The Morgan fingerprint density at radius 2 is 1.70 bits per heavy atom. The van der Waals surface area contributed by atoms with Crippen LogP contribution in [-0.2, 0) is 16.0 Å². The molecule has 0 aliphatic carbocycles. The quantitative estimate of drug-likeness (QED) is 0.667. The van der Waals surface area contributed by atoms with Crippen molar-refractivity contribution in [2.75, 3.05) is 19.0 Å². The smallest absolute Gasteiger partial charge is 0.257 e. The summed E-state index contributed by atoms with van der Waals surface area (Å²) in [6.45, 7) is 1.96. The highest BCUT2D eigenvalue weighted by atomic mass is 16.5. The first-order valence-corrected chi connectivity index (χ1v) is 8.87. The number of hydrogen-bond donors (Lipinski definition) is 2. The van der Waals surface area contributed by atoms with Gasteiger partial charge in [-0.3, -0.25) is 14.4 Å². The number of aryl methyl sites for hydroxylation is 1. The lowest BCUT2D eigenvalue weighted by atomic mass is 10.0. The first kappa shape index (κ1) is 20.2. The van der Waals surface area contributed by atoms with Gasteiger partial charge in [0.2, 0.25) is 5.91 Å². The van der Waals surface area contributed by atoms with E-state index in [0.29, 0.717) is 17.0 Å². The van der Waals surface area contributed by atoms with Crippen molar-refractivity contribution in [3.05, 3.63) is 59.7 Å². The first-order chi connectivity index (χ1) is 13.0. The number of ketones is 1. The van der Waals surface area contributed by atoms with Gasteiger partial charge in [0.15, 0.2) is 12.4 Å². The van der Waals surface area contributed by atoms with Crippen LogP contribution in [0.5, 0.6) is 5.75 Å². The predicted octanol–water partition coefficient (Wildman–Crippen LogP) is 2.98. The van der Waals surface area contributed by atoms with Crippen LogP contribution in [0.25, 0.3) is 0 Å². The molecule has 0 unspecified atom stereocenters. The average molecular weight is 368 g/mol. The number of nitrogens with one attached hydrogen (secondary N) is 2. The predicted molar refractivity (Wildman–Crippen MR) is 104 cm³/mol. The minimum absolute atomic E-state index is 0.0598. The maximum absolute atomic E-state index is 12.2. The molecule has 2 amide bonds. The zero-order chi connectivity index (χ0) is 19.6. The number of hydrogen-bond acceptors (Lipinski definition) is 4. The lowest BCUT2D eigenvalue weighted by molar-refractivity contribution is -0.122. The Kier molecular flexibility index (Phi) is 7.55. The van der Waals surface area contributed by atoms with E-state index in [1.54, 1.807) is 36.4 Å². The van der Waals surface area contributed by atoms with E-state index in [1.807, 2.05) is 12.1 Å². The van der Waals surface area contributed by atoms with Gasteiger partial charge in [-0.25, -0.2) is 0 Å². The lowest BCUT2D eigenvalue weighted by Gasteiger charge is -2.09. The summed E-state index contributed by atoms with van der Waals surface area (Å²) in [6.07, 6.45) is 1.16. The third kappa shape index (κ3) is 6.58. The van der Waals surface area contributed by atoms with Gasteiger partial charge < -0.3 is 15.4 Å². The van der Waals surface area contributed by atoms with Crippen molar-refractivity contribution in [2.24, 2.45) is 0 Å². The molecule has 2 aromatic carbocycles. The molecule has 0 atom stereocenters. The van der Waals surface area contributed by atoms with Crippen molar-refractivity contribution in [3.8, 4) is 5.75 Å². The number of ether oxygens (including phenoxy) is 1. The Morgan fingerprint density at radius 3 is 2.37 bits per heavy atom. The van der Waals surface area contributed by atoms with Crippen molar-refractivity contribution >= 4 is 23.3 Å². The molecule has 27 heavy (non-hydrogen) atoms. The standard InChI is InChI=1S/C21H24N2O4/c1-3-15-7-9-16(10-8-15)19(24)11-12-20(25)23-17-5-4-6-18(13-17)27-14-21(26)22-2/h4-10,13H,3,11-12,14H2,1-2H3,(H,22,26)(H,23,25). The molecular formula is C21H24N2O4. The first-order valence-electron chi connectivity index (χ1n) is 8.87. The van der Waals surface area contributed by atoms with Crippen LogP contribution in [-0.4, -0.2) is 31.3 Å². The molecule has 0 aliphatic rings. The summed E-state index contributed by atoms with van der Waals surface area (Å²) in [5.41, 5.74) is 2.33. The van der Waals surface area contributed by atoms with Crippen LogP contribution >= 0.6 is 0 Å². The van der Waals surface area contributed by atoms with Gasteiger partial charge in [-0.05, 0) is 24.1 Å². The van der Waals surface area contributed by atoms with E-state index in [4.69, 9.17) is 4.74 Å². The largest absolute Gasteiger partial charge is 0.484 e. The molecule has 142 valence electrons. The van der Waals surface area contributed by atoms with Crippen LogP contribution in [0.1, 0.15) is 35.7 Å². The molecular weight excluding hydrogens is 344 g/mol. The molecule has 0 aromatic heterocycles. The van der Waals surface area contributed by atoms with Crippen LogP contribution in [0.2, 0.25) is 0 Å².